The predicted molar refractivity (Wildman–Crippen MR) is 142 cm³/mol. The molecule has 3 aromatic rings. The summed E-state index contributed by atoms with van der Waals surface area (Å²) < 4.78 is 9.22. The fourth-order valence-corrected chi connectivity index (χ4v) is 4.92. The summed E-state index contributed by atoms with van der Waals surface area (Å²) in [6.45, 7) is 12.1. The fourth-order valence-electron chi connectivity index (χ4n) is 4.56. The molecule has 1 aliphatic rings. The maximum atomic E-state index is 6.32. The summed E-state index contributed by atoms with van der Waals surface area (Å²) in [7, 11) is 0. The molecule has 0 spiro atoms. The second-order valence-corrected chi connectivity index (χ2v) is 10.4. The molecule has 1 fully saturated rings. The van der Waals surface area contributed by atoms with Crippen LogP contribution in [0.1, 0.15) is 51.1 Å². The number of fused-ring (bicyclic) bond motifs is 1. The van der Waals surface area contributed by atoms with Gasteiger partial charge in [-0.2, -0.15) is 0 Å². The zero-order valence-corrected chi connectivity index (χ0v) is 22.3. The van der Waals surface area contributed by atoms with Gasteiger partial charge in [0.25, 0.3) is 0 Å². The van der Waals surface area contributed by atoms with Crippen LogP contribution in [0.15, 0.2) is 41.0 Å². The molecular weight excluding hydrogens is 492 g/mol. The number of aryl methyl sites for hydroxylation is 1. The molecule has 0 bridgehead atoms. The molecule has 2 aromatic heterocycles. The van der Waals surface area contributed by atoms with Crippen molar-refractivity contribution in [1.82, 2.24) is 19.4 Å². The minimum absolute atomic E-state index is 0.223. The van der Waals surface area contributed by atoms with E-state index < -0.39 is 0 Å². The van der Waals surface area contributed by atoms with E-state index in [1.807, 2.05) is 25.1 Å². The van der Waals surface area contributed by atoms with Crippen LogP contribution in [-0.4, -0.2) is 57.8 Å². The van der Waals surface area contributed by atoms with Gasteiger partial charge in [-0.25, -0.2) is 9.97 Å². The highest BCUT2D eigenvalue weighted by molar-refractivity contribution is 9.10. The molecule has 0 saturated carbocycles. The quantitative estimate of drug-likeness (QED) is 0.382. The van der Waals surface area contributed by atoms with Gasteiger partial charge in [-0.15, -0.1) is 0 Å². The van der Waals surface area contributed by atoms with Crippen LogP contribution in [0.25, 0.3) is 11.0 Å². The van der Waals surface area contributed by atoms with Crippen LogP contribution in [0.4, 0.5) is 5.95 Å². The first kappa shape index (κ1) is 25.1. The number of ether oxygens (including phenoxy) is 1. The summed E-state index contributed by atoms with van der Waals surface area (Å²) in [6.07, 6.45) is 1.74. The number of para-hydroxylation sites is 1. The average Bonchev–Trinajstić information content (AvgIpc) is 3.17. The van der Waals surface area contributed by atoms with Crippen molar-refractivity contribution < 1.29 is 4.74 Å². The second-order valence-electron chi connectivity index (χ2n) is 9.57. The summed E-state index contributed by atoms with van der Waals surface area (Å²) in [6, 6.07) is 12.8. The third kappa shape index (κ3) is 5.62. The van der Waals surface area contributed by atoms with Gasteiger partial charge in [0.05, 0.1) is 16.7 Å². The van der Waals surface area contributed by atoms with E-state index in [9.17, 15) is 0 Å². The first-order valence-corrected chi connectivity index (χ1v) is 13.1. The van der Waals surface area contributed by atoms with Crippen molar-refractivity contribution in [3.05, 3.63) is 52.3 Å². The van der Waals surface area contributed by atoms with Crippen molar-refractivity contribution >= 4 is 32.9 Å². The maximum absolute atomic E-state index is 6.32. The molecular formula is C26H37BrN6O. The minimum Gasteiger partial charge on any atom is -0.353 e. The Kier molecular flexibility index (Phi) is 8.24. The molecule has 4 rings (SSSR count). The number of nitrogens with two attached hydrogens (primary N) is 1. The van der Waals surface area contributed by atoms with Gasteiger partial charge in [-0.3, -0.25) is 4.57 Å². The number of rotatable bonds is 9. The second kappa shape index (κ2) is 11.2. The van der Waals surface area contributed by atoms with Crippen LogP contribution < -0.4 is 11.1 Å². The lowest BCUT2D eigenvalue weighted by Crippen LogP contribution is -2.46. The standard InChI is InChI=1S/C26H37BrN6O/c1-5-34-25(21-9-7-11-23(27)30-21)33-22-10-6-8-18(4)24(22)31-26(33)29-19-12-14-32(15-13-19)16-20(28)17(2)3/h6-11,17,19-20,25H,5,12-16,28H2,1-4H3,(H,29,31). The summed E-state index contributed by atoms with van der Waals surface area (Å²) >= 11 is 3.51. The first-order valence-electron chi connectivity index (χ1n) is 12.3. The summed E-state index contributed by atoms with van der Waals surface area (Å²) in [5.74, 6) is 1.34. The van der Waals surface area contributed by atoms with E-state index in [0.717, 1.165) is 65.3 Å². The molecule has 1 saturated heterocycles. The number of pyridine rings is 1. The van der Waals surface area contributed by atoms with E-state index >= 15 is 0 Å². The van der Waals surface area contributed by atoms with E-state index in [-0.39, 0.29) is 12.3 Å². The third-order valence-corrected chi connectivity index (χ3v) is 7.16. The zero-order chi connectivity index (χ0) is 24.2. The van der Waals surface area contributed by atoms with Crippen molar-refractivity contribution in [3.8, 4) is 0 Å². The Hall–Kier alpha value is -2.00. The number of halogens is 1. The Labute approximate surface area is 211 Å². The highest BCUT2D eigenvalue weighted by Crippen LogP contribution is 2.32. The van der Waals surface area contributed by atoms with Crippen LogP contribution in [0.2, 0.25) is 0 Å². The fraction of sp³-hybridized carbons (Fsp3) is 0.538. The normalized spacial score (nSPS) is 17.4. The molecule has 0 radical (unpaired) electrons. The van der Waals surface area contributed by atoms with Crippen LogP contribution >= 0.6 is 15.9 Å². The van der Waals surface area contributed by atoms with E-state index in [4.69, 9.17) is 20.4 Å². The van der Waals surface area contributed by atoms with E-state index in [1.165, 1.54) is 0 Å². The summed E-state index contributed by atoms with van der Waals surface area (Å²) in [5, 5.41) is 3.76. The lowest BCUT2D eigenvalue weighted by Gasteiger charge is -2.35. The molecule has 2 unspecified atom stereocenters. The molecule has 3 heterocycles. The van der Waals surface area contributed by atoms with Gasteiger partial charge in [-0.05, 0) is 72.3 Å². The molecule has 0 amide bonds. The molecule has 2 atom stereocenters. The van der Waals surface area contributed by atoms with Crippen molar-refractivity contribution in [2.24, 2.45) is 11.7 Å². The number of nitrogens with zero attached hydrogens (tertiary/aromatic N) is 4. The average molecular weight is 530 g/mol. The van der Waals surface area contributed by atoms with Gasteiger partial charge < -0.3 is 20.7 Å². The monoisotopic (exact) mass is 528 g/mol. The number of nitrogens with one attached hydrogen (secondary N) is 1. The molecule has 1 aliphatic heterocycles. The molecule has 34 heavy (non-hydrogen) atoms. The number of benzene rings is 1. The number of likely N-dealkylation sites (tertiary alicyclic amines) is 1. The number of hydrogen-bond donors (Lipinski definition) is 2. The Balaban J connectivity index is 1.62. The first-order chi connectivity index (χ1) is 16.4. The SMILES string of the molecule is CCOC(c1cccc(Br)n1)n1c(NC2CCN(CC(N)C(C)C)CC2)nc2c(C)cccc21. The summed E-state index contributed by atoms with van der Waals surface area (Å²) in [5.41, 5.74) is 10.3. The lowest BCUT2D eigenvalue weighted by atomic mass is 10.0. The van der Waals surface area contributed by atoms with Crippen LogP contribution in [0.3, 0.4) is 0 Å². The Bertz CT molecular complexity index is 1090. The number of imidazole rings is 1. The van der Waals surface area contributed by atoms with Gasteiger partial charge in [-0.1, -0.05) is 32.0 Å². The van der Waals surface area contributed by atoms with Crippen LogP contribution in [0.5, 0.6) is 0 Å². The van der Waals surface area contributed by atoms with E-state index in [1.54, 1.807) is 0 Å². The molecule has 7 nitrogen and oxygen atoms in total. The molecule has 3 N–H and O–H groups in total. The number of anilines is 1. The number of piperidine rings is 1. The predicted octanol–water partition coefficient (Wildman–Crippen LogP) is 4.95. The molecule has 184 valence electrons. The summed E-state index contributed by atoms with van der Waals surface area (Å²) in [4.78, 5) is 12.3. The molecule has 1 aromatic carbocycles. The van der Waals surface area contributed by atoms with Gasteiger partial charge in [0, 0.05) is 38.3 Å². The van der Waals surface area contributed by atoms with Crippen molar-refractivity contribution in [3.63, 3.8) is 0 Å². The highest BCUT2D eigenvalue weighted by atomic mass is 79.9. The zero-order valence-electron chi connectivity index (χ0n) is 20.7. The maximum Gasteiger partial charge on any atom is 0.206 e. The third-order valence-electron chi connectivity index (χ3n) is 6.72. The largest absolute Gasteiger partial charge is 0.353 e. The molecule has 8 heteroatoms. The topological polar surface area (TPSA) is 81.2 Å². The van der Waals surface area contributed by atoms with Crippen molar-refractivity contribution in [2.75, 3.05) is 31.6 Å². The Morgan fingerprint density at radius 3 is 2.56 bits per heavy atom. The van der Waals surface area contributed by atoms with Crippen LogP contribution in [-0.2, 0) is 4.74 Å². The molecule has 0 aliphatic carbocycles. The smallest absolute Gasteiger partial charge is 0.206 e. The number of hydrogen-bond acceptors (Lipinski definition) is 6. The number of aromatic nitrogens is 3. The van der Waals surface area contributed by atoms with Gasteiger partial charge in [0.15, 0.2) is 6.23 Å². The van der Waals surface area contributed by atoms with E-state index in [0.29, 0.717) is 18.6 Å². The Morgan fingerprint density at radius 1 is 1.15 bits per heavy atom. The van der Waals surface area contributed by atoms with E-state index in [2.05, 4.69) is 69.7 Å². The lowest BCUT2D eigenvalue weighted by molar-refractivity contribution is 0.0419. The van der Waals surface area contributed by atoms with Crippen molar-refractivity contribution in [2.45, 2.75) is 58.8 Å². The van der Waals surface area contributed by atoms with Crippen molar-refractivity contribution in [1.29, 1.82) is 0 Å². The Morgan fingerprint density at radius 2 is 1.88 bits per heavy atom. The van der Waals surface area contributed by atoms with Gasteiger partial charge in [0.1, 0.15) is 4.60 Å². The highest BCUT2D eigenvalue weighted by Gasteiger charge is 2.27. The van der Waals surface area contributed by atoms with Gasteiger partial charge >= 0.3 is 0 Å². The van der Waals surface area contributed by atoms with Gasteiger partial charge in [0.2, 0.25) is 5.95 Å². The minimum atomic E-state index is -0.374. The van der Waals surface area contributed by atoms with Crippen LogP contribution in [0, 0.1) is 12.8 Å².